The first-order chi connectivity index (χ1) is 12.3. The minimum atomic E-state index is -0.482. The second kappa shape index (κ2) is 7.79. The van der Waals surface area contributed by atoms with Crippen molar-refractivity contribution >= 4 is 73.7 Å². The van der Waals surface area contributed by atoms with E-state index in [2.05, 4.69) is 21.4 Å². The molecule has 26 heavy (non-hydrogen) atoms. The zero-order valence-corrected chi connectivity index (χ0v) is 16.9. The SMILES string of the molecule is O=C(NN1C(=O)/C(=C/c2cc(Br)ccc2O)SC1=S)c1ccc(Cl)cc1. The van der Waals surface area contributed by atoms with Crippen molar-refractivity contribution in [1.82, 2.24) is 10.4 Å². The number of hydrogen-bond acceptors (Lipinski definition) is 5. The molecule has 1 aliphatic heterocycles. The van der Waals surface area contributed by atoms with Crippen molar-refractivity contribution in [3.05, 3.63) is 68.0 Å². The van der Waals surface area contributed by atoms with E-state index >= 15 is 0 Å². The van der Waals surface area contributed by atoms with Crippen molar-refractivity contribution in [3.8, 4) is 5.75 Å². The lowest BCUT2D eigenvalue weighted by Gasteiger charge is -2.15. The molecule has 9 heteroatoms. The fourth-order valence-corrected chi connectivity index (χ4v) is 3.79. The Labute approximate surface area is 172 Å². The number of nitrogens with zero attached hydrogens (tertiary/aromatic N) is 1. The number of phenols is 1. The predicted molar refractivity (Wildman–Crippen MR) is 110 cm³/mol. The molecule has 0 saturated carbocycles. The van der Waals surface area contributed by atoms with Gasteiger partial charge in [-0.2, -0.15) is 5.01 Å². The number of thiocarbonyl (C=S) groups is 1. The largest absolute Gasteiger partial charge is 0.507 e. The van der Waals surface area contributed by atoms with E-state index in [1.807, 2.05) is 0 Å². The van der Waals surface area contributed by atoms with Crippen LogP contribution in [0.25, 0.3) is 6.08 Å². The monoisotopic (exact) mass is 468 g/mol. The topological polar surface area (TPSA) is 69.6 Å². The van der Waals surface area contributed by atoms with Gasteiger partial charge in [0.05, 0.1) is 4.91 Å². The molecule has 2 N–H and O–H groups in total. The third kappa shape index (κ3) is 4.09. The summed E-state index contributed by atoms with van der Waals surface area (Å²) < 4.78 is 0.950. The summed E-state index contributed by atoms with van der Waals surface area (Å²) >= 11 is 15.3. The summed E-state index contributed by atoms with van der Waals surface area (Å²) in [4.78, 5) is 25.1. The number of carbonyl (C=O) groups is 2. The highest BCUT2D eigenvalue weighted by atomic mass is 79.9. The van der Waals surface area contributed by atoms with E-state index in [-0.39, 0.29) is 10.1 Å². The summed E-state index contributed by atoms with van der Waals surface area (Å²) in [6, 6.07) is 11.1. The van der Waals surface area contributed by atoms with Crippen LogP contribution in [0, 0.1) is 0 Å². The van der Waals surface area contributed by atoms with E-state index in [9.17, 15) is 14.7 Å². The van der Waals surface area contributed by atoms with Gasteiger partial charge >= 0.3 is 0 Å². The number of aromatic hydroxyl groups is 1. The molecule has 0 aromatic heterocycles. The first kappa shape index (κ1) is 18.9. The highest BCUT2D eigenvalue weighted by Crippen LogP contribution is 2.34. The molecule has 1 aliphatic rings. The molecule has 132 valence electrons. The van der Waals surface area contributed by atoms with E-state index < -0.39 is 11.8 Å². The molecule has 0 aliphatic carbocycles. The number of benzene rings is 2. The van der Waals surface area contributed by atoms with Crippen LogP contribution in [0.3, 0.4) is 0 Å². The zero-order valence-electron chi connectivity index (χ0n) is 12.9. The first-order valence-corrected chi connectivity index (χ1v) is 9.58. The van der Waals surface area contributed by atoms with Crippen molar-refractivity contribution in [2.75, 3.05) is 0 Å². The number of hydrogen-bond donors (Lipinski definition) is 2. The van der Waals surface area contributed by atoms with Crippen LogP contribution in [-0.2, 0) is 4.79 Å². The van der Waals surface area contributed by atoms with Gasteiger partial charge in [0.2, 0.25) is 0 Å². The van der Waals surface area contributed by atoms with Crippen molar-refractivity contribution in [2.24, 2.45) is 0 Å². The van der Waals surface area contributed by atoms with Gasteiger partial charge in [-0.15, -0.1) is 0 Å². The van der Waals surface area contributed by atoms with Gasteiger partial charge < -0.3 is 5.11 Å². The van der Waals surface area contributed by atoms with E-state index in [4.69, 9.17) is 23.8 Å². The number of rotatable bonds is 3. The molecule has 2 amide bonds. The molecule has 1 heterocycles. The van der Waals surface area contributed by atoms with Gasteiger partial charge in [-0.3, -0.25) is 15.0 Å². The van der Waals surface area contributed by atoms with Gasteiger partial charge in [0.25, 0.3) is 11.8 Å². The zero-order chi connectivity index (χ0) is 18.8. The van der Waals surface area contributed by atoms with Crippen LogP contribution in [0.5, 0.6) is 5.75 Å². The Bertz CT molecular complexity index is 948. The van der Waals surface area contributed by atoms with Crippen molar-refractivity contribution < 1.29 is 14.7 Å². The van der Waals surface area contributed by atoms with Crippen LogP contribution in [0.1, 0.15) is 15.9 Å². The summed E-state index contributed by atoms with van der Waals surface area (Å²) in [5.74, 6) is -0.921. The Balaban J connectivity index is 1.80. The fourth-order valence-electron chi connectivity index (χ4n) is 2.11. The standard InChI is InChI=1S/C17H10BrClN2O3S2/c18-11-3-6-13(22)10(7-11)8-14-16(24)21(17(25)26-14)20-15(23)9-1-4-12(19)5-2-9/h1-8,22H,(H,20,23)/b14-8-. The third-order valence-corrected chi connectivity index (χ3v) is 5.44. The average molecular weight is 470 g/mol. The second-order valence-electron chi connectivity index (χ2n) is 5.17. The van der Waals surface area contributed by atoms with Crippen molar-refractivity contribution in [2.45, 2.75) is 0 Å². The molecule has 2 aromatic carbocycles. The summed E-state index contributed by atoms with van der Waals surface area (Å²) in [6.07, 6.45) is 1.52. The first-order valence-electron chi connectivity index (χ1n) is 7.18. The van der Waals surface area contributed by atoms with Crippen LogP contribution in [0.4, 0.5) is 0 Å². The molecule has 3 rings (SSSR count). The normalized spacial score (nSPS) is 15.6. The van der Waals surface area contributed by atoms with Gasteiger partial charge in [0.1, 0.15) is 5.75 Å². The molecule has 2 aromatic rings. The number of carbonyl (C=O) groups excluding carboxylic acids is 2. The van der Waals surface area contributed by atoms with Crippen LogP contribution < -0.4 is 5.43 Å². The van der Waals surface area contributed by atoms with E-state index in [0.717, 1.165) is 21.2 Å². The number of thioether (sulfide) groups is 1. The van der Waals surface area contributed by atoms with Gasteiger partial charge in [-0.25, -0.2) is 0 Å². The molecule has 1 saturated heterocycles. The Morgan fingerprint density at radius 2 is 1.96 bits per heavy atom. The Morgan fingerprint density at radius 1 is 1.27 bits per heavy atom. The average Bonchev–Trinajstić information content (AvgIpc) is 2.86. The molecular weight excluding hydrogens is 460 g/mol. The fraction of sp³-hybridized carbons (Fsp3) is 0. The lowest BCUT2D eigenvalue weighted by molar-refractivity contribution is -0.123. The van der Waals surface area contributed by atoms with Crippen LogP contribution >= 0.6 is 51.5 Å². The highest BCUT2D eigenvalue weighted by molar-refractivity contribution is 9.10. The molecule has 5 nitrogen and oxygen atoms in total. The van der Waals surface area contributed by atoms with E-state index in [1.165, 1.54) is 12.1 Å². The maximum absolute atomic E-state index is 12.6. The number of phenolic OH excluding ortho intramolecular Hbond substituents is 1. The van der Waals surface area contributed by atoms with Crippen LogP contribution in [0.15, 0.2) is 51.8 Å². The molecule has 0 radical (unpaired) electrons. The number of amides is 2. The Kier molecular flexibility index (Phi) is 5.67. The van der Waals surface area contributed by atoms with Gasteiger partial charge in [-0.1, -0.05) is 39.3 Å². The maximum Gasteiger partial charge on any atom is 0.285 e. The molecule has 0 spiro atoms. The smallest absolute Gasteiger partial charge is 0.285 e. The van der Waals surface area contributed by atoms with Gasteiger partial charge in [0.15, 0.2) is 4.32 Å². The third-order valence-electron chi connectivity index (χ3n) is 3.39. The summed E-state index contributed by atoms with van der Waals surface area (Å²) in [5, 5.41) is 11.4. The number of halogens is 2. The maximum atomic E-state index is 12.6. The molecule has 0 unspecified atom stereocenters. The number of hydrazine groups is 1. The minimum absolute atomic E-state index is 0.0312. The quantitative estimate of drug-likeness (QED) is 0.516. The summed E-state index contributed by atoms with van der Waals surface area (Å²) in [5.41, 5.74) is 3.29. The van der Waals surface area contributed by atoms with E-state index in [0.29, 0.717) is 21.1 Å². The Hall–Kier alpha value is -1.87. The van der Waals surface area contributed by atoms with Gasteiger partial charge in [-0.05, 0) is 60.8 Å². The number of nitrogens with one attached hydrogen (secondary N) is 1. The highest BCUT2D eigenvalue weighted by Gasteiger charge is 2.34. The van der Waals surface area contributed by atoms with Gasteiger partial charge in [0, 0.05) is 20.6 Å². The molecule has 1 fully saturated rings. The van der Waals surface area contributed by atoms with Crippen LogP contribution in [-0.4, -0.2) is 26.3 Å². The summed E-state index contributed by atoms with van der Waals surface area (Å²) in [6.45, 7) is 0. The minimum Gasteiger partial charge on any atom is -0.507 e. The van der Waals surface area contributed by atoms with Crippen LogP contribution in [0.2, 0.25) is 5.02 Å². The predicted octanol–water partition coefficient (Wildman–Crippen LogP) is 4.35. The molecular formula is C17H10BrClN2O3S2. The lowest BCUT2D eigenvalue weighted by atomic mass is 10.2. The Morgan fingerprint density at radius 3 is 2.65 bits per heavy atom. The summed E-state index contributed by atoms with van der Waals surface area (Å²) in [7, 11) is 0. The molecule has 0 bridgehead atoms. The lowest BCUT2D eigenvalue weighted by Crippen LogP contribution is -2.44. The second-order valence-corrected chi connectivity index (χ2v) is 8.20. The van der Waals surface area contributed by atoms with Crippen molar-refractivity contribution in [1.29, 1.82) is 0 Å². The van der Waals surface area contributed by atoms with Crippen molar-refractivity contribution in [3.63, 3.8) is 0 Å². The van der Waals surface area contributed by atoms with E-state index in [1.54, 1.807) is 36.4 Å². The molecule has 0 atom stereocenters.